The molecule has 0 aliphatic rings. The average Bonchev–Trinajstić information content (AvgIpc) is 2.86. The van der Waals surface area contributed by atoms with Crippen molar-refractivity contribution in [1.29, 1.82) is 5.26 Å². The molecule has 3 nitrogen and oxygen atoms in total. The molecule has 3 aromatic rings. The molecule has 0 amide bonds. The summed E-state index contributed by atoms with van der Waals surface area (Å²) in [4.78, 5) is 0. The number of nitriles is 1. The molecule has 1 heterocycles. The van der Waals surface area contributed by atoms with Gasteiger partial charge in [-0.2, -0.15) is 10.4 Å². The van der Waals surface area contributed by atoms with Crippen LogP contribution in [0.3, 0.4) is 0 Å². The van der Waals surface area contributed by atoms with Crippen molar-refractivity contribution < 1.29 is 8.78 Å². The topological polar surface area (TPSA) is 52.5 Å². The van der Waals surface area contributed by atoms with Crippen LogP contribution in [0.1, 0.15) is 16.8 Å². The highest BCUT2D eigenvalue weighted by atomic mass is 19.1. The number of nitrogens with one attached hydrogen (secondary N) is 1. The van der Waals surface area contributed by atoms with Gasteiger partial charge in [0.2, 0.25) is 0 Å². The van der Waals surface area contributed by atoms with Crippen molar-refractivity contribution in [2.24, 2.45) is 0 Å². The maximum absolute atomic E-state index is 13.5. The summed E-state index contributed by atoms with van der Waals surface area (Å²) in [6.07, 6.45) is 3.39. The van der Waals surface area contributed by atoms with Crippen LogP contribution in [0.5, 0.6) is 0 Å². The van der Waals surface area contributed by atoms with E-state index in [1.165, 1.54) is 24.3 Å². The number of hydrogen-bond acceptors (Lipinski definition) is 2. The maximum Gasteiger partial charge on any atom is 0.143 e. The summed E-state index contributed by atoms with van der Waals surface area (Å²) in [7, 11) is 0. The van der Waals surface area contributed by atoms with Gasteiger partial charge in [0.15, 0.2) is 0 Å². The molecule has 102 valence electrons. The summed E-state index contributed by atoms with van der Waals surface area (Å²) in [6, 6.07) is 10.6. The van der Waals surface area contributed by atoms with Gasteiger partial charge in [0, 0.05) is 11.5 Å². The lowest BCUT2D eigenvalue weighted by Gasteiger charge is -1.95. The molecule has 0 aliphatic carbocycles. The maximum atomic E-state index is 13.5. The third-order valence-corrected chi connectivity index (χ3v) is 3.08. The van der Waals surface area contributed by atoms with E-state index in [0.717, 1.165) is 0 Å². The number of rotatable bonds is 2. The zero-order valence-corrected chi connectivity index (χ0v) is 10.8. The van der Waals surface area contributed by atoms with E-state index in [9.17, 15) is 8.78 Å². The van der Waals surface area contributed by atoms with Gasteiger partial charge in [-0.15, -0.1) is 0 Å². The Bertz CT molecular complexity index is 888. The lowest BCUT2D eigenvalue weighted by atomic mass is 10.1. The molecule has 0 radical (unpaired) electrons. The van der Waals surface area contributed by atoms with Gasteiger partial charge in [-0.3, -0.25) is 5.10 Å². The zero-order chi connectivity index (χ0) is 14.8. The van der Waals surface area contributed by atoms with E-state index in [2.05, 4.69) is 10.2 Å². The first-order chi connectivity index (χ1) is 10.2. The van der Waals surface area contributed by atoms with Crippen LogP contribution in [0.15, 0.2) is 36.4 Å². The minimum absolute atomic E-state index is 0.0377. The number of nitrogens with zero attached hydrogens (tertiary/aromatic N) is 2. The molecule has 1 N–H and O–H groups in total. The van der Waals surface area contributed by atoms with Gasteiger partial charge >= 0.3 is 0 Å². The molecule has 0 atom stereocenters. The van der Waals surface area contributed by atoms with E-state index in [4.69, 9.17) is 5.26 Å². The highest BCUT2D eigenvalue weighted by Crippen LogP contribution is 2.22. The molecule has 0 spiro atoms. The van der Waals surface area contributed by atoms with Gasteiger partial charge in [-0.25, -0.2) is 8.78 Å². The van der Waals surface area contributed by atoms with Crippen LogP contribution in [-0.2, 0) is 0 Å². The summed E-state index contributed by atoms with van der Waals surface area (Å²) in [5, 5.41) is 16.3. The van der Waals surface area contributed by atoms with Crippen molar-refractivity contribution in [1.82, 2.24) is 10.2 Å². The van der Waals surface area contributed by atoms with Crippen LogP contribution in [-0.4, -0.2) is 10.2 Å². The Labute approximate surface area is 119 Å². The Morgan fingerprint density at radius 2 is 2.00 bits per heavy atom. The molecule has 0 bridgehead atoms. The molecular weight excluding hydrogens is 272 g/mol. The number of fused-ring (bicyclic) bond motifs is 1. The van der Waals surface area contributed by atoms with Crippen LogP contribution in [0.2, 0.25) is 0 Å². The van der Waals surface area contributed by atoms with Crippen LogP contribution in [0.25, 0.3) is 23.1 Å². The van der Waals surface area contributed by atoms with E-state index < -0.39 is 5.82 Å². The predicted molar refractivity (Wildman–Crippen MR) is 76.1 cm³/mol. The van der Waals surface area contributed by atoms with E-state index in [1.54, 1.807) is 30.4 Å². The third-order valence-electron chi connectivity index (χ3n) is 3.08. The number of H-pyrrole nitrogens is 1. The number of hydrogen-bond donors (Lipinski definition) is 1. The van der Waals surface area contributed by atoms with Crippen molar-refractivity contribution in [3.63, 3.8) is 0 Å². The molecule has 0 saturated carbocycles. The monoisotopic (exact) mass is 281 g/mol. The molecule has 2 aromatic carbocycles. The minimum Gasteiger partial charge on any atom is -0.277 e. The van der Waals surface area contributed by atoms with Gasteiger partial charge in [0.05, 0.1) is 16.8 Å². The number of benzene rings is 2. The molecular formula is C16H9F2N3. The van der Waals surface area contributed by atoms with Gasteiger partial charge in [-0.1, -0.05) is 18.2 Å². The predicted octanol–water partition coefficient (Wildman–Crippen LogP) is 3.88. The summed E-state index contributed by atoms with van der Waals surface area (Å²) >= 11 is 0. The molecule has 21 heavy (non-hydrogen) atoms. The molecule has 1 aromatic heterocycles. The summed E-state index contributed by atoms with van der Waals surface area (Å²) in [6.45, 7) is 0. The Hall–Kier alpha value is -3.00. The van der Waals surface area contributed by atoms with Crippen LogP contribution >= 0.6 is 0 Å². The standard InChI is InChI=1S/C16H9F2N3/c17-12-3-1-2-10(6-12)4-5-15-13-7-11(9-19)14(18)8-16(13)21-20-15/h1-8H,(H,20,21)/b5-4+. The lowest BCUT2D eigenvalue weighted by molar-refractivity contribution is 0.625. The highest BCUT2D eigenvalue weighted by Gasteiger charge is 2.08. The average molecular weight is 281 g/mol. The first-order valence-electron chi connectivity index (χ1n) is 6.19. The molecule has 0 aliphatic heterocycles. The molecule has 5 heteroatoms. The highest BCUT2D eigenvalue weighted by molar-refractivity contribution is 5.90. The van der Waals surface area contributed by atoms with E-state index in [1.807, 2.05) is 0 Å². The van der Waals surface area contributed by atoms with E-state index >= 15 is 0 Å². The smallest absolute Gasteiger partial charge is 0.143 e. The second-order valence-corrected chi connectivity index (χ2v) is 4.49. The van der Waals surface area contributed by atoms with Gasteiger partial charge in [0.1, 0.15) is 17.7 Å². The van der Waals surface area contributed by atoms with Gasteiger partial charge in [-0.05, 0) is 29.8 Å². The third kappa shape index (κ3) is 2.51. The Balaban J connectivity index is 2.03. The Kier molecular flexibility index (Phi) is 3.20. The van der Waals surface area contributed by atoms with Crippen LogP contribution in [0, 0.1) is 23.0 Å². The molecule has 3 rings (SSSR count). The molecule has 0 unspecified atom stereocenters. The molecule has 0 fully saturated rings. The Morgan fingerprint density at radius 1 is 1.14 bits per heavy atom. The Morgan fingerprint density at radius 3 is 2.76 bits per heavy atom. The van der Waals surface area contributed by atoms with Crippen molar-refractivity contribution in [3.8, 4) is 6.07 Å². The lowest BCUT2D eigenvalue weighted by Crippen LogP contribution is -1.83. The molecule has 0 saturated heterocycles. The van der Waals surface area contributed by atoms with E-state index in [0.29, 0.717) is 22.2 Å². The van der Waals surface area contributed by atoms with Crippen molar-refractivity contribution in [3.05, 3.63) is 64.9 Å². The fraction of sp³-hybridized carbons (Fsp3) is 0. The summed E-state index contributed by atoms with van der Waals surface area (Å²) < 4.78 is 26.6. The summed E-state index contributed by atoms with van der Waals surface area (Å²) in [5.41, 5.74) is 1.72. The SMILES string of the molecule is N#Cc1cc2c(/C=C/c3cccc(F)c3)n[nH]c2cc1F. The largest absolute Gasteiger partial charge is 0.277 e. The first kappa shape index (κ1) is 13.0. The van der Waals surface area contributed by atoms with E-state index in [-0.39, 0.29) is 11.4 Å². The zero-order valence-electron chi connectivity index (χ0n) is 10.8. The normalized spacial score (nSPS) is 11.1. The number of aromatic nitrogens is 2. The van der Waals surface area contributed by atoms with Gasteiger partial charge < -0.3 is 0 Å². The second kappa shape index (κ2) is 5.17. The van der Waals surface area contributed by atoms with Gasteiger partial charge in [0.25, 0.3) is 0 Å². The number of halogens is 2. The fourth-order valence-corrected chi connectivity index (χ4v) is 2.06. The fourth-order valence-electron chi connectivity index (χ4n) is 2.06. The van der Waals surface area contributed by atoms with Crippen molar-refractivity contribution in [2.75, 3.05) is 0 Å². The summed E-state index contributed by atoms with van der Waals surface area (Å²) in [5.74, 6) is -0.910. The van der Waals surface area contributed by atoms with Crippen molar-refractivity contribution in [2.45, 2.75) is 0 Å². The minimum atomic E-state index is -0.589. The van der Waals surface area contributed by atoms with Crippen LogP contribution < -0.4 is 0 Å². The number of aromatic amines is 1. The van der Waals surface area contributed by atoms with Crippen LogP contribution in [0.4, 0.5) is 8.78 Å². The van der Waals surface area contributed by atoms with Crippen molar-refractivity contribution >= 4 is 23.1 Å². The quantitative estimate of drug-likeness (QED) is 0.775. The first-order valence-corrected chi connectivity index (χ1v) is 6.19. The second-order valence-electron chi connectivity index (χ2n) is 4.49.